The lowest BCUT2D eigenvalue weighted by Gasteiger charge is -2.35. The standard InChI is InChI=1S/C29H46N4O7S/c1-8-9-10-11-24(35)30-25(28(5,6)7)26(36)33-17-20(40-31-18(2)3)14-22(33)23(34)16-29(15-19(29)4)27(37)32-41(38,39)21-12-13-21/h8,19-22,25H,1,9-17H2,2-7H3,(H,30,35)(H,32,37)/t19-,20-,22+,25-,29?/m1/s1. The summed E-state index contributed by atoms with van der Waals surface area (Å²) in [4.78, 5) is 60.7. The molecule has 0 spiro atoms. The van der Waals surface area contributed by atoms with Gasteiger partial charge in [0.2, 0.25) is 27.7 Å². The van der Waals surface area contributed by atoms with Crippen LogP contribution in [0.1, 0.15) is 92.9 Å². The van der Waals surface area contributed by atoms with E-state index >= 15 is 0 Å². The Balaban J connectivity index is 1.82. The number of nitrogens with zero attached hydrogens (tertiary/aromatic N) is 2. The molecule has 3 amide bonds. The number of hydrogen-bond donors (Lipinski definition) is 2. The summed E-state index contributed by atoms with van der Waals surface area (Å²) in [7, 11) is -3.76. The van der Waals surface area contributed by atoms with Crippen LogP contribution >= 0.6 is 0 Å². The second-order valence-corrected chi connectivity index (χ2v) is 15.1. The lowest BCUT2D eigenvalue weighted by Crippen LogP contribution is -2.57. The van der Waals surface area contributed by atoms with Gasteiger partial charge in [-0.05, 0) is 57.3 Å². The summed E-state index contributed by atoms with van der Waals surface area (Å²) < 4.78 is 27.1. The molecule has 1 heterocycles. The average molecular weight is 595 g/mol. The van der Waals surface area contributed by atoms with Crippen molar-refractivity contribution in [3.8, 4) is 0 Å². The molecule has 1 aliphatic heterocycles. The minimum atomic E-state index is -3.76. The van der Waals surface area contributed by atoms with E-state index in [4.69, 9.17) is 4.84 Å². The van der Waals surface area contributed by atoms with Crippen LogP contribution in [0, 0.1) is 16.7 Å². The van der Waals surface area contributed by atoms with Crippen molar-refractivity contribution in [3.63, 3.8) is 0 Å². The van der Waals surface area contributed by atoms with Crippen LogP contribution in [0.5, 0.6) is 0 Å². The van der Waals surface area contributed by atoms with Gasteiger partial charge in [0.05, 0.1) is 29.0 Å². The predicted octanol–water partition coefficient (Wildman–Crippen LogP) is 2.85. The molecule has 3 aliphatic rings. The van der Waals surface area contributed by atoms with Crippen LogP contribution < -0.4 is 10.0 Å². The van der Waals surface area contributed by atoms with E-state index in [0.29, 0.717) is 37.8 Å². The van der Waals surface area contributed by atoms with E-state index in [1.54, 1.807) is 19.9 Å². The Bertz CT molecular complexity index is 1180. The number of allylic oxidation sites excluding steroid dienone is 1. The first-order chi connectivity index (χ1) is 19.0. The van der Waals surface area contributed by atoms with Crippen molar-refractivity contribution >= 4 is 39.2 Å². The van der Waals surface area contributed by atoms with Crippen LogP contribution in [0.25, 0.3) is 0 Å². The third-order valence-electron chi connectivity index (χ3n) is 8.13. The largest absolute Gasteiger partial charge is 0.391 e. The first kappa shape index (κ1) is 32.8. The van der Waals surface area contributed by atoms with Gasteiger partial charge < -0.3 is 15.1 Å². The van der Waals surface area contributed by atoms with Gasteiger partial charge in [0.25, 0.3) is 0 Å². The molecule has 2 aliphatic carbocycles. The second-order valence-electron chi connectivity index (χ2n) is 13.1. The summed E-state index contributed by atoms with van der Waals surface area (Å²) in [6.07, 6.45) is 4.11. The Labute approximate surface area is 243 Å². The van der Waals surface area contributed by atoms with Crippen LogP contribution in [0.4, 0.5) is 0 Å². The maximum absolute atomic E-state index is 14.0. The molecule has 2 N–H and O–H groups in total. The molecular weight excluding hydrogens is 548 g/mol. The monoisotopic (exact) mass is 594 g/mol. The number of carbonyl (C=O) groups is 4. The predicted molar refractivity (Wildman–Crippen MR) is 155 cm³/mol. The smallest absolute Gasteiger partial charge is 0.246 e. The van der Waals surface area contributed by atoms with Gasteiger partial charge in [-0.3, -0.25) is 23.9 Å². The Morgan fingerprint density at radius 2 is 1.83 bits per heavy atom. The van der Waals surface area contributed by atoms with Crippen molar-refractivity contribution < 1.29 is 32.4 Å². The molecule has 3 rings (SSSR count). The number of ketones is 1. The third-order valence-corrected chi connectivity index (χ3v) is 9.94. The van der Waals surface area contributed by atoms with Gasteiger partial charge >= 0.3 is 0 Å². The van der Waals surface area contributed by atoms with Crippen molar-refractivity contribution in [2.45, 2.75) is 116 Å². The second kappa shape index (κ2) is 12.6. The molecule has 3 fully saturated rings. The maximum atomic E-state index is 14.0. The molecule has 0 bridgehead atoms. The molecule has 5 atom stereocenters. The third kappa shape index (κ3) is 8.17. The van der Waals surface area contributed by atoms with Gasteiger partial charge in [0.15, 0.2) is 5.78 Å². The molecule has 1 unspecified atom stereocenters. The highest BCUT2D eigenvalue weighted by Crippen LogP contribution is 2.56. The van der Waals surface area contributed by atoms with E-state index in [1.165, 1.54) is 4.90 Å². The molecule has 12 heteroatoms. The van der Waals surface area contributed by atoms with Crippen LogP contribution in [0.3, 0.4) is 0 Å². The van der Waals surface area contributed by atoms with Gasteiger partial charge in [-0.2, -0.15) is 0 Å². The summed E-state index contributed by atoms with van der Waals surface area (Å²) in [5.41, 5.74) is -1.11. The Morgan fingerprint density at radius 3 is 2.34 bits per heavy atom. The molecule has 0 radical (unpaired) electrons. The highest BCUT2D eigenvalue weighted by atomic mass is 32.2. The summed E-state index contributed by atoms with van der Waals surface area (Å²) in [6, 6.07) is -1.80. The van der Waals surface area contributed by atoms with E-state index in [9.17, 15) is 27.6 Å². The number of amides is 3. The lowest BCUT2D eigenvalue weighted by atomic mass is 9.85. The minimum Gasteiger partial charge on any atom is -0.391 e. The molecule has 2 saturated carbocycles. The van der Waals surface area contributed by atoms with Gasteiger partial charge in [-0.1, -0.05) is 38.9 Å². The van der Waals surface area contributed by atoms with Crippen molar-refractivity contribution in [1.29, 1.82) is 0 Å². The number of carbonyl (C=O) groups excluding carboxylic acids is 4. The number of likely N-dealkylation sites (tertiary alicyclic amines) is 1. The number of rotatable bonds is 14. The van der Waals surface area contributed by atoms with Crippen LogP contribution in [-0.4, -0.2) is 72.5 Å². The van der Waals surface area contributed by atoms with Crippen molar-refractivity contribution in [1.82, 2.24) is 14.9 Å². The fourth-order valence-electron chi connectivity index (χ4n) is 5.31. The zero-order chi connectivity index (χ0) is 30.8. The van der Waals surface area contributed by atoms with Crippen molar-refractivity contribution in [2.24, 2.45) is 21.9 Å². The molecule has 1 saturated heterocycles. The molecule has 230 valence electrons. The highest BCUT2D eigenvalue weighted by molar-refractivity contribution is 7.90. The van der Waals surface area contributed by atoms with Crippen molar-refractivity contribution in [2.75, 3.05) is 6.54 Å². The maximum Gasteiger partial charge on any atom is 0.246 e. The van der Waals surface area contributed by atoms with Crippen LogP contribution in [0.15, 0.2) is 17.8 Å². The summed E-state index contributed by atoms with van der Waals surface area (Å²) in [5.74, 6) is -1.84. The van der Waals surface area contributed by atoms with Crippen LogP contribution in [0.2, 0.25) is 0 Å². The quantitative estimate of drug-likeness (QED) is 0.136. The lowest BCUT2D eigenvalue weighted by molar-refractivity contribution is -0.144. The summed E-state index contributed by atoms with van der Waals surface area (Å²) in [6.45, 7) is 14.6. The molecule has 11 nitrogen and oxygen atoms in total. The molecule has 0 aromatic heterocycles. The first-order valence-corrected chi connectivity index (χ1v) is 16.0. The molecule has 41 heavy (non-hydrogen) atoms. The zero-order valence-corrected chi connectivity index (χ0v) is 26.0. The van der Waals surface area contributed by atoms with Gasteiger partial charge in [-0.15, -0.1) is 6.58 Å². The van der Waals surface area contributed by atoms with Gasteiger partial charge in [0.1, 0.15) is 12.1 Å². The van der Waals surface area contributed by atoms with E-state index in [1.807, 2.05) is 27.7 Å². The van der Waals surface area contributed by atoms with E-state index in [-0.39, 0.29) is 43.4 Å². The fraction of sp³-hybridized carbons (Fsp3) is 0.759. The van der Waals surface area contributed by atoms with Crippen LogP contribution in [-0.2, 0) is 34.0 Å². The molecular formula is C29H46N4O7S. The number of nitrogens with one attached hydrogen (secondary N) is 2. The topological polar surface area (TPSA) is 151 Å². The molecule has 0 aromatic rings. The highest BCUT2D eigenvalue weighted by Gasteiger charge is 2.60. The van der Waals surface area contributed by atoms with E-state index in [2.05, 4.69) is 21.8 Å². The number of unbranched alkanes of at least 4 members (excludes halogenated alkanes) is 1. The Kier molecular flexibility index (Phi) is 10.1. The minimum absolute atomic E-state index is 0.0930. The van der Waals surface area contributed by atoms with Gasteiger partial charge in [-0.25, -0.2) is 8.42 Å². The van der Waals surface area contributed by atoms with E-state index < -0.39 is 56.1 Å². The summed E-state index contributed by atoms with van der Waals surface area (Å²) in [5, 5.41) is 6.34. The van der Waals surface area contributed by atoms with Crippen molar-refractivity contribution in [3.05, 3.63) is 12.7 Å². The normalized spacial score (nSPS) is 26.5. The van der Waals surface area contributed by atoms with Gasteiger partial charge in [0, 0.05) is 19.3 Å². The average Bonchev–Trinajstić information content (AvgIpc) is 3.78. The number of Topliss-reactive ketones (excluding diaryl/α,β-unsaturated/α-hetero) is 1. The fourth-order valence-corrected chi connectivity index (χ4v) is 6.69. The summed E-state index contributed by atoms with van der Waals surface area (Å²) >= 11 is 0. The first-order valence-electron chi connectivity index (χ1n) is 14.5. The SMILES string of the molecule is C=CCCCC(=O)N[C@H](C(=O)N1C[C@H](ON=C(C)C)C[C@H]1C(=O)CC1(C(=O)NS(=O)(=O)C2CC2)C[C@H]1C)C(C)(C)C. The Morgan fingerprint density at radius 1 is 1.20 bits per heavy atom. The number of oxime groups is 1. The number of hydrogen-bond acceptors (Lipinski definition) is 8. The Hall–Kier alpha value is -2.76. The van der Waals surface area contributed by atoms with E-state index in [0.717, 1.165) is 0 Å². The number of sulfonamides is 1. The zero-order valence-electron chi connectivity index (χ0n) is 25.2. The molecule has 0 aromatic carbocycles.